The molecule has 0 saturated heterocycles. The molecule has 96 valence electrons. The minimum absolute atomic E-state index is 0.396. The van der Waals surface area contributed by atoms with Crippen molar-refractivity contribution in [1.29, 1.82) is 0 Å². The van der Waals surface area contributed by atoms with Crippen LogP contribution in [0.4, 0.5) is 0 Å². The normalized spacial score (nSPS) is 13.3. The summed E-state index contributed by atoms with van der Waals surface area (Å²) in [5.74, 6) is 3.05. The van der Waals surface area contributed by atoms with Gasteiger partial charge < -0.3 is 4.90 Å². The Hall–Kier alpha value is -2.25. The number of allylic oxidation sites excluding steroid dienone is 3. The van der Waals surface area contributed by atoms with E-state index < -0.39 is 10.3 Å². The van der Waals surface area contributed by atoms with Crippen molar-refractivity contribution < 1.29 is 8.42 Å². The third-order valence-corrected chi connectivity index (χ3v) is 3.43. The number of benzene rings is 1. The molecule has 1 aliphatic carbocycles. The van der Waals surface area contributed by atoms with Crippen LogP contribution in [0.25, 0.3) is 0 Å². The second-order valence-electron chi connectivity index (χ2n) is 4.03. The molecule has 0 spiro atoms. The van der Waals surface area contributed by atoms with Crippen molar-refractivity contribution in [2.75, 3.05) is 7.05 Å². The highest BCUT2D eigenvalue weighted by Crippen LogP contribution is 2.10. The summed E-state index contributed by atoms with van der Waals surface area (Å²) >= 11 is 0. The molecule has 0 amide bonds. The maximum absolute atomic E-state index is 10.8. The lowest BCUT2D eigenvalue weighted by Gasteiger charge is -2.14. The molecule has 0 heterocycles. The van der Waals surface area contributed by atoms with Crippen LogP contribution in [-0.2, 0) is 10.3 Å². The van der Waals surface area contributed by atoms with Crippen LogP contribution >= 0.6 is 0 Å². The molecular formula is C15H13NO2S. The summed E-state index contributed by atoms with van der Waals surface area (Å²) in [6.07, 6.45) is 5.64. The van der Waals surface area contributed by atoms with Gasteiger partial charge in [0.1, 0.15) is 0 Å². The summed E-state index contributed by atoms with van der Waals surface area (Å²) in [5, 5.41) is 0. The van der Waals surface area contributed by atoms with Crippen LogP contribution in [0.3, 0.4) is 0 Å². The van der Waals surface area contributed by atoms with Crippen molar-refractivity contribution in [1.82, 2.24) is 4.90 Å². The van der Waals surface area contributed by atoms with Crippen LogP contribution in [0.1, 0.15) is 12.0 Å². The van der Waals surface area contributed by atoms with E-state index in [1.54, 1.807) is 17.1 Å². The van der Waals surface area contributed by atoms with Crippen LogP contribution in [0.2, 0.25) is 0 Å². The maximum atomic E-state index is 10.8. The first-order chi connectivity index (χ1) is 9.16. The van der Waals surface area contributed by atoms with Gasteiger partial charge in [0.05, 0.1) is 4.86 Å². The molecule has 1 aromatic rings. The second kappa shape index (κ2) is 6.07. The number of rotatable bonds is 1. The first-order valence-electron chi connectivity index (χ1n) is 5.80. The van der Waals surface area contributed by atoms with Gasteiger partial charge in [-0.2, -0.15) is 8.42 Å². The molecule has 0 fully saturated rings. The van der Waals surface area contributed by atoms with Gasteiger partial charge in [0.15, 0.2) is 0 Å². The molecule has 0 saturated carbocycles. The van der Waals surface area contributed by atoms with Crippen molar-refractivity contribution in [3.63, 3.8) is 0 Å². The predicted molar refractivity (Wildman–Crippen MR) is 76.8 cm³/mol. The minimum Gasteiger partial charge on any atom is -0.305 e. The fourth-order valence-electron chi connectivity index (χ4n) is 1.63. The maximum Gasteiger partial charge on any atom is 0.217 e. The van der Waals surface area contributed by atoms with Crippen molar-refractivity contribution in [2.45, 2.75) is 6.42 Å². The van der Waals surface area contributed by atoms with Gasteiger partial charge >= 0.3 is 0 Å². The molecule has 19 heavy (non-hydrogen) atoms. The first-order valence-corrected chi connectivity index (χ1v) is 6.88. The van der Waals surface area contributed by atoms with Gasteiger partial charge in [-0.1, -0.05) is 24.3 Å². The Morgan fingerprint density at radius 2 is 1.89 bits per heavy atom. The van der Waals surface area contributed by atoms with Gasteiger partial charge in [-0.25, -0.2) is 0 Å². The first kappa shape index (κ1) is 13.2. The molecule has 2 rings (SSSR count). The second-order valence-corrected chi connectivity index (χ2v) is 5.02. The molecule has 0 radical (unpaired) electrons. The average molecular weight is 271 g/mol. The number of nitrogens with zero attached hydrogens (tertiary/aromatic N) is 1. The Morgan fingerprint density at radius 1 is 1.16 bits per heavy atom. The fraction of sp³-hybridized carbons (Fsp3) is 0.133. The van der Waals surface area contributed by atoms with Crippen molar-refractivity contribution >= 4 is 15.2 Å². The molecule has 0 unspecified atom stereocenters. The number of hydrogen-bond acceptors (Lipinski definition) is 3. The molecule has 4 heteroatoms. The highest BCUT2D eigenvalue weighted by atomic mass is 32.2. The van der Waals surface area contributed by atoms with Crippen LogP contribution in [0.5, 0.6) is 0 Å². The monoisotopic (exact) mass is 271 g/mol. The van der Waals surface area contributed by atoms with Gasteiger partial charge in [0.2, 0.25) is 10.3 Å². The van der Waals surface area contributed by atoms with Gasteiger partial charge in [-0.05, 0) is 30.2 Å². The third-order valence-electron chi connectivity index (χ3n) is 2.70. The molecule has 0 aliphatic heterocycles. The van der Waals surface area contributed by atoms with E-state index >= 15 is 0 Å². The van der Waals surface area contributed by atoms with Crippen LogP contribution < -0.4 is 0 Å². The zero-order valence-corrected chi connectivity index (χ0v) is 11.3. The van der Waals surface area contributed by atoms with Crippen LogP contribution in [-0.4, -0.2) is 25.2 Å². The van der Waals surface area contributed by atoms with E-state index in [1.165, 1.54) is 0 Å². The minimum atomic E-state index is -2.13. The standard InChI is InChI=1S/C15H13NO2S/c1-16(12-11-13-5-3-2-4-6-13)14-7-9-15(10-8-14)19(17)18/h2-9H,10H2,1H3. The highest BCUT2D eigenvalue weighted by Gasteiger charge is 2.05. The largest absolute Gasteiger partial charge is 0.305 e. The van der Waals surface area contributed by atoms with E-state index in [0.717, 1.165) is 11.3 Å². The van der Waals surface area contributed by atoms with Crippen molar-refractivity contribution in [3.8, 4) is 12.0 Å². The van der Waals surface area contributed by atoms with E-state index in [9.17, 15) is 8.42 Å². The van der Waals surface area contributed by atoms with E-state index in [0.29, 0.717) is 11.3 Å². The van der Waals surface area contributed by atoms with Gasteiger partial charge in [0.25, 0.3) is 0 Å². The Bertz CT molecular complexity index is 708. The number of likely N-dealkylation sites (N-methyl/N-ethyl adjacent to an activating group) is 1. The van der Waals surface area contributed by atoms with Gasteiger partial charge in [0, 0.05) is 30.8 Å². The van der Waals surface area contributed by atoms with Crippen molar-refractivity contribution in [2.24, 2.45) is 0 Å². The molecule has 3 nitrogen and oxygen atoms in total. The molecule has 1 aliphatic rings. The summed E-state index contributed by atoms with van der Waals surface area (Å²) in [6, 6.07) is 12.7. The SMILES string of the molecule is CN(C#Cc1ccccc1)C1=CCC(=S(=O)=O)C=C1. The lowest BCUT2D eigenvalue weighted by Crippen LogP contribution is -2.12. The van der Waals surface area contributed by atoms with Crippen LogP contribution in [0.15, 0.2) is 54.3 Å². The van der Waals surface area contributed by atoms with Crippen LogP contribution in [0, 0.1) is 12.0 Å². The summed E-state index contributed by atoms with van der Waals surface area (Å²) in [7, 11) is -0.280. The molecule has 0 bridgehead atoms. The fourth-order valence-corrected chi connectivity index (χ4v) is 2.02. The van der Waals surface area contributed by atoms with Crippen molar-refractivity contribution in [3.05, 3.63) is 59.8 Å². The topological polar surface area (TPSA) is 37.4 Å². The zero-order chi connectivity index (χ0) is 13.7. The molecule has 0 aromatic heterocycles. The van der Waals surface area contributed by atoms with Gasteiger partial charge in [-0.3, -0.25) is 0 Å². The van der Waals surface area contributed by atoms with E-state index in [1.807, 2.05) is 43.5 Å². The summed E-state index contributed by atoms with van der Waals surface area (Å²) in [6.45, 7) is 0. The summed E-state index contributed by atoms with van der Waals surface area (Å²) in [5.41, 5.74) is 1.85. The Balaban J connectivity index is 2.12. The Morgan fingerprint density at radius 3 is 2.47 bits per heavy atom. The molecule has 0 N–H and O–H groups in total. The molecule has 0 atom stereocenters. The predicted octanol–water partition coefficient (Wildman–Crippen LogP) is 1.82. The summed E-state index contributed by atoms with van der Waals surface area (Å²) in [4.78, 5) is 2.18. The summed E-state index contributed by atoms with van der Waals surface area (Å²) < 4.78 is 21.6. The number of hydrogen-bond donors (Lipinski definition) is 0. The lowest BCUT2D eigenvalue weighted by molar-refractivity contribution is 0.618. The smallest absolute Gasteiger partial charge is 0.217 e. The van der Waals surface area contributed by atoms with E-state index in [-0.39, 0.29) is 0 Å². The Labute approximate surface area is 114 Å². The quantitative estimate of drug-likeness (QED) is 0.444. The lowest BCUT2D eigenvalue weighted by atomic mass is 10.1. The zero-order valence-electron chi connectivity index (χ0n) is 10.5. The van der Waals surface area contributed by atoms with Gasteiger partial charge in [-0.15, -0.1) is 0 Å². The average Bonchev–Trinajstić information content (AvgIpc) is 2.46. The van der Waals surface area contributed by atoms with E-state index in [4.69, 9.17) is 0 Å². The highest BCUT2D eigenvalue weighted by molar-refractivity contribution is 7.73. The molecular weight excluding hydrogens is 258 g/mol. The van der Waals surface area contributed by atoms with E-state index in [2.05, 4.69) is 12.0 Å². The third kappa shape index (κ3) is 3.60. The Kier molecular flexibility index (Phi) is 4.22. The molecule has 1 aromatic carbocycles.